The van der Waals surface area contributed by atoms with E-state index in [0.717, 1.165) is 13.1 Å². The molecule has 0 aliphatic heterocycles. The number of aromatic nitrogens is 2. The summed E-state index contributed by atoms with van der Waals surface area (Å²) in [5.41, 5.74) is 5.49. The number of rotatable bonds is 5. The first-order valence-electron chi connectivity index (χ1n) is 6.84. The molecule has 0 aliphatic rings. The maximum atomic E-state index is 4.23. The fourth-order valence-electron chi connectivity index (χ4n) is 2.52. The predicted molar refractivity (Wildman–Crippen MR) is 79.2 cm³/mol. The molecule has 2 aromatic rings. The fraction of sp³-hybridized carbons (Fsp3) is 0.438. The molecule has 0 amide bonds. The van der Waals surface area contributed by atoms with Gasteiger partial charge in [-0.3, -0.25) is 4.68 Å². The van der Waals surface area contributed by atoms with E-state index in [2.05, 4.69) is 50.2 Å². The van der Waals surface area contributed by atoms with E-state index in [4.69, 9.17) is 0 Å². The lowest BCUT2D eigenvalue weighted by Gasteiger charge is -2.17. The first-order valence-corrected chi connectivity index (χ1v) is 6.84. The second-order valence-corrected chi connectivity index (χ2v) is 5.39. The quantitative estimate of drug-likeness (QED) is 0.892. The Labute approximate surface area is 115 Å². The van der Waals surface area contributed by atoms with Gasteiger partial charge in [-0.15, -0.1) is 0 Å². The molecule has 1 aromatic carbocycles. The van der Waals surface area contributed by atoms with Gasteiger partial charge in [0.2, 0.25) is 0 Å². The number of aryl methyl sites for hydroxylation is 3. The number of nitrogens with one attached hydrogen (secondary N) is 1. The van der Waals surface area contributed by atoms with Crippen molar-refractivity contribution in [3.8, 4) is 0 Å². The monoisotopic (exact) mass is 257 g/mol. The second-order valence-electron chi connectivity index (χ2n) is 5.39. The van der Waals surface area contributed by atoms with Crippen molar-refractivity contribution in [2.75, 3.05) is 0 Å². The third-order valence-corrected chi connectivity index (χ3v) is 3.49. The number of hydrogen-bond acceptors (Lipinski definition) is 2. The molecular weight excluding hydrogens is 234 g/mol. The van der Waals surface area contributed by atoms with Gasteiger partial charge in [-0.25, -0.2) is 0 Å². The first-order chi connectivity index (χ1) is 9.06. The number of hydrogen-bond donors (Lipinski definition) is 1. The predicted octanol–water partition coefficient (Wildman–Crippen LogP) is 2.99. The number of nitrogens with zero attached hydrogens (tertiary/aromatic N) is 2. The summed E-state index contributed by atoms with van der Waals surface area (Å²) in [6, 6.07) is 6.87. The van der Waals surface area contributed by atoms with Crippen molar-refractivity contribution in [2.45, 2.75) is 46.8 Å². The molecule has 3 heteroatoms. The zero-order valence-electron chi connectivity index (χ0n) is 12.3. The van der Waals surface area contributed by atoms with Gasteiger partial charge in [0.25, 0.3) is 0 Å². The van der Waals surface area contributed by atoms with Gasteiger partial charge < -0.3 is 5.32 Å². The summed E-state index contributed by atoms with van der Waals surface area (Å²) in [5.74, 6) is 0. The molecule has 102 valence electrons. The highest BCUT2D eigenvalue weighted by Gasteiger charge is 2.07. The highest BCUT2D eigenvalue weighted by atomic mass is 15.3. The highest BCUT2D eigenvalue weighted by molar-refractivity contribution is 5.37. The molecule has 0 spiro atoms. The van der Waals surface area contributed by atoms with Crippen LogP contribution in [0, 0.1) is 20.8 Å². The van der Waals surface area contributed by atoms with Gasteiger partial charge in [-0.05, 0) is 50.5 Å². The van der Waals surface area contributed by atoms with Crippen LogP contribution < -0.4 is 5.32 Å². The van der Waals surface area contributed by atoms with E-state index in [1.807, 2.05) is 23.1 Å². The van der Waals surface area contributed by atoms with Crippen LogP contribution in [0.4, 0.5) is 0 Å². The molecular formula is C16H23N3. The average molecular weight is 257 g/mol. The minimum absolute atomic E-state index is 0.403. The highest BCUT2D eigenvalue weighted by Crippen LogP contribution is 2.16. The average Bonchev–Trinajstić information content (AvgIpc) is 2.80. The van der Waals surface area contributed by atoms with Crippen molar-refractivity contribution >= 4 is 0 Å². The van der Waals surface area contributed by atoms with Crippen LogP contribution in [0.2, 0.25) is 0 Å². The molecule has 1 heterocycles. The van der Waals surface area contributed by atoms with E-state index in [-0.39, 0.29) is 0 Å². The molecule has 0 fully saturated rings. The Bertz CT molecular complexity index is 506. The lowest BCUT2D eigenvalue weighted by molar-refractivity contribution is 0.450. The van der Waals surface area contributed by atoms with E-state index in [0.29, 0.717) is 6.04 Å². The van der Waals surface area contributed by atoms with E-state index in [1.165, 1.54) is 22.3 Å². The Kier molecular flexibility index (Phi) is 4.38. The van der Waals surface area contributed by atoms with E-state index in [9.17, 15) is 0 Å². The minimum atomic E-state index is 0.403. The van der Waals surface area contributed by atoms with Crippen LogP contribution >= 0.6 is 0 Å². The Hall–Kier alpha value is -1.61. The number of benzene rings is 1. The minimum Gasteiger partial charge on any atom is -0.308 e. The van der Waals surface area contributed by atoms with Crippen LogP contribution in [0.25, 0.3) is 0 Å². The second kappa shape index (κ2) is 6.02. The lowest BCUT2D eigenvalue weighted by atomic mass is 9.99. The van der Waals surface area contributed by atoms with Crippen molar-refractivity contribution in [3.05, 3.63) is 52.8 Å². The molecule has 1 atom stereocenters. The van der Waals surface area contributed by atoms with Crippen molar-refractivity contribution in [1.29, 1.82) is 0 Å². The van der Waals surface area contributed by atoms with Gasteiger partial charge in [0.15, 0.2) is 0 Å². The Morgan fingerprint density at radius 1 is 1.21 bits per heavy atom. The molecule has 1 unspecified atom stereocenters. The molecule has 2 rings (SSSR count). The lowest BCUT2D eigenvalue weighted by Crippen LogP contribution is -2.30. The van der Waals surface area contributed by atoms with Crippen LogP contribution in [-0.4, -0.2) is 15.8 Å². The molecule has 3 nitrogen and oxygen atoms in total. The summed E-state index contributed by atoms with van der Waals surface area (Å²) in [4.78, 5) is 0. The Balaban J connectivity index is 1.95. The SMILES string of the molecule is Cc1cc(C)c(CNC(C)Cn2cccn2)c(C)c1. The molecule has 1 aromatic heterocycles. The van der Waals surface area contributed by atoms with Gasteiger partial charge in [0.05, 0.1) is 6.54 Å². The summed E-state index contributed by atoms with van der Waals surface area (Å²) in [5, 5.41) is 7.81. The largest absolute Gasteiger partial charge is 0.308 e. The molecule has 0 bridgehead atoms. The zero-order chi connectivity index (χ0) is 13.8. The Morgan fingerprint density at radius 3 is 2.47 bits per heavy atom. The molecule has 0 radical (unpaired) electrons. The summed E-state index contributed by atoms with van der Waals surface area (Å²) < 4.78 is 1.96. The van der Waals surface area contributed by atoms with Crippen molar-refractivity contribution in [1.82, 2.24) is 15.1 Å². The normalized spacial score (nSPS) is 12.6. The Morgan fingerprint density at radius 2 is 1.89 bits per heavy atom. The first kappa shape index (κ1) is 13.8. The van der Waals surface area contributed by atoms with Crippen LogP contribution in [0.15, 0.2) is 30.6 Å². The van der Waals surface area contributed by atoms with Gasteiger partial charge in [-0.2, -0.15) is 5.10 Å². The summed E-state index contributed by atoms with van der Waals surface area (Å²) in [7, 11) is 0. The van der Waals surface area contributed by atoms with Crippen molar-refractivity contribution in [2.24, 2.45) is 0 Å². The third-order valence-electron chi connectivity index (χ3n) is 3.49. The van der Waals surface area contributed by atoms with Gasteiger partial charge >= 0.3 is 0 Å². The van der Waals surface area contributed by atoms with Gasteiger partial charge in [-0.1, -0.05) is 17.7 Å². The molecule has 0 saturated heterocycles. The molecule has 0 aliphatic carbocycles. The topological polar surface area (TPSA) is 29.9 Å². The van der Waals surface area contributed by atoms with Gasteiger partial charge in [0.1, 0.15) is 0 Å². The third kappa shape index (κ3) is 3.67. The molecule has 1 N–H and O–H groups in total. The fourth-order valence-corrected chi connectivity index (χ4v) is 2.52. The summed E-state index contributed by atoms with van der Waals surface area (Å²) >= 11 is 0. The molecule has 19 heavy (non-hydrogen) atoms. The van der Waals surface area contributed by atoms with Crippen LogP contribution in [0.5, 0.6) is 0 Å². The van der Waals surface area contributed by atoms with E-state index in [1.54, 1.807) is 0 Å². The van der Waals surface area contributed by atoms with Crippen LogP contribution in [-0.2, 0) is 13.1 Å². The van der Waals surface area contributed by atoms with E-state index >= 15 is 0 Å². The standard InChI is InChI=1S/C16H23N3/c1-12-8-13(2)16(14(3)9-12)10-17-15(4)11-19-7-5-6-18-19/h5-9,15,17H,10-11H2,1-4H3. The maximum Gasteiger partial charge on any atom is 0.0560 e. The maximum absolute atomic E-state index is 4.23. The van der Waals surface area contributed by atoms with Crippen molar-refractivity contribution < 1.29 is 0 Å². The molecule has 0 saturated carbocycles. The summed E-state index contributed by atoms with van der Waals surface area (Å²) in [6.45, 7) is 10.5. The van der Waals surface area contributed by atoms with Crippen LogP contribution in [0.3, 0.4) is 0 Å². The zero-order valence-corrected chi connectivity index (χ0v) is 12.3. The smallest absolute Gasteiger partial charge is 0.0560 e. The van der Waals surface area contributed by atoms with Crippen LogP contribution in [0.1, 0.15) is 29.2 Å². The summed E-state index contributed by atoms with van der Waals surface area (Å²) in [6.07, 6.45) is 3.82. The van der Waals surface area contributed by atoms with E-state index < -0.39 is 0 Å². The van der Waals surface area contributed by atoms with Crippen molar-refractivity contribution in [3.63, 3.8) is 0 Å². The van der Waals surface area contributed by atoms with Gasteiger partial charge in [0, 0.05) is 25.0 Å².